The number of nitrogens with zero attached hydrogens (tertiary/aromatic N) is 1. The van der Waals surface area contributed by atoms with E-state index < -0.39 is 17.5 Å². The summed E-state index contributed by atoms with van der Waals surface area (Å²) in [5, 5.41) is 8.47. The number of hydrogen-bond donors (Lipinski definition) is 1. The van der Waals surface area contributed by atoms with Crippen LogP contribution in [0.3, 0.4) is 0 Å². The van der Waals surface area contributed by atoms with E-state index in [0.29, 0.717) is 0 Å². The Hall–Kier alpha value is -1.90. The molecule has 1 heterocycles. The molecular formula is C9H8F2N2O2. The molecule has 0 amide bonds. The van der Waals surface area contributed by atoms with Gasteiger partial charge >= 0.3 is 0 Å². The second-order valence-electron chi connectivity index (χ2n) is 2.74. The molecule has 0 aliphatic heterocycles. The van der Waals surface area contributed by atoms with E-state index in [9.17, 15) is 13.6 Å². The van der Waals surface area contributed by atoms with Crippen molar-refractivity contribution in [2.45, 2.75) is 12.8 Å². The summed E-state index contributed by atoms with van der Waals surface area (Å²) in [5.41, 5.74) is -1.12. The summed E-state index contributed by atoms with van der Waals surface area (Å²) in [6.07, 6.45) is -3.04. The molecule has 6 heteroatoms. The maximum absolute atomic E-state index is 12.5. The number of aromatic nitrogens is 1. The Morgan fingerprint density at radius 1 is 1.67 bits per heavy atom. The topological polar surface area (TPSA) is 65.9 Å². The largest absolute Gasteiger partial charge is 0.482 e. The average Bonchev–Trinajstić information content (AvgIpc) is 2.19. The van der Waals surface area contributed by atoms with Crippen molar-refractivity contribution in [2.24, 2.45) is 0 Å². The lowest BCUT2D eigenvalue weighted by molar-refractivity contribution is 0.149. The summed E-state index contributed by atoms with van der Waals surface area (Å²) < 4.78 is 29.8. The number of hydrogen-bond acceptors (Lipinski definition) is 3. The Morgan fingerprint density at radius 2 is 2.33 bits per heavy atom. The molecule has 1 aromatic rings. The van der Waals surface area contributed by atoms with Gasteiger partial charge in [0.05, 0.1) is 19.6 Å². The molecule has 0 saturated carbocycles. The first kappa shape index (κ1) is 11.2. The van der Waals surface area contributed by atoms with Crippen LogP contribution in [0.1, 0.15) is 17.6 Å². The molecule has 15 heavy (non-hydrogen) atoms. The lowest BCUT2D eigenvalue weighted by atomic mass is 10.1. The van der Waals surface area contributed by atoms with Gasteiger partial charge in [0.1, 0.15) is 0 Å². The molecule has 0 aliphatic rings. The van der Waals surface area contributed by atoms with Crippen molar-refractivity contribution in [1.29, 1.82) is 5.26 Å². The van der Waals surface area contributed by atoms with E-state index in [2.05, 4.69) is 4.98 Å². The van der Waals surface area contributed by atoms with Crippen molar-refractivity contribution in [3.05, 3.63) is 27.5 Å². The number of pyridine rings is 1. The van der Waals surface area contributed by atoms with Crippen LogP contribution in [0, 0.1) is 11.3 Å². The number of H-pyrrole nitrogens is 1. The minimum absolute atomic E-state index is 0.0228. The highest BCUT2D eigenvalue weighted by Gasteiger charge is 2.18. The first-order valence-corrected chi connectivity index (χ1v) is 4.05. The van der Waals surface area contributed by atoms with Gasteiger partial charge in [-0.15, -0.1) is 0 Å². The standard InChI is InChI=1S/C9H8F2N2O2/c1-15-9-5(2-3-12)6(8(10)11)4-7(14)13-9/h4,8H,2H2,1H3,(H,13,14). The molecule has 1 aromatic heterocycles. The van der Waals surface area contributed by atoms with Crippen LogP contribution in [0.5, 0.6) is 5.88 Å². The molecule has 1 rings (SSSR count). The first-order chi connectivity index (χ1) is 7.10. The van der Waals surface area contributed by atoms with Crippen LogP contribution in [0.25, 0.3) is 0 Å². The first-order valence-electron chi connectivity index (χ1n) is 4.05. The SMILES string of the molecule is COc1[nH]c(=O)cc(C(F)F)c1CC#N. The van der Waals surface area contributed by atoms with Gasteiger partial charge in [-0.3, -0.25) is 9.78 Å². The molecule has 0 aliphatic carbocycles. The monoisotopic (exact) mass is 214 g/mol. The van der Waals surface area contributed by atoms with Crippen LogP contribution in [0.2, 0.25) is 0 Å². The van der Waals surface area contributed by atoms with Gasteiger partial charge in [0.2, 0.25) is 0 Å². The summed E-state index contributed by atoms with van der Waals surface area (Å²) in [4.78, 5) is 13.2. The van der Waals surface area contributed by atoms with Gasteiger partial charge in [-0.1, -0.05) is 0 Å². The van der Waals surface area contributed by atoms with Crippen LogP contribution in [-0.4, -0.2) is 12.1 Å². The van der Waals surface area contributed by atoms with Crippen LogP contribution >= 0.6 is 0 Å². The van der Waals surface area contributed by atoms with Crippen LogP contribution in [0.4, 0.5) is 8.78 Å². The maximum Gasteiger partial charge on any atom is 0.264 e. The number of alkyl halides is 2. The fraction of sp³-hybridized carbons (Fsp3) is 0.333. The molecule has 0 atom stereocenters. The van der Waals surface area contributed by atoms with Crippen molar-refractivity contribution in [1.82, 2.24) is 4.98 Å². The van der Waals surface area contributed by atoms with Gasteiger partial charge in [-0.2, -0.15) is 5.26 Å². The molecule has 0 radical (unpaired) electrons. The fourth-order valence-corrected chi connectivity index (χ4v) is 1.21. The number of aromatic amines is 1. The highest BCUT2D eigenvalue weighted by Crippen LogP contribution is 2.26. The highest BCUT2D eigenvalue weighted by atomic mass is 19.3. The number of halogens is 2. The van der Waals surface area contributed by atoms with E-state index in [1.54, 1.807) is 6.07 Å². The zero-order valence-electron chi connectivity index (χ0n) is 7.88. The third-order valence-corrected chi connectivity index (χ3v) is 1.84. The number of ether oxygens (including phenoxy) is 1. The van der Waals surface area contributed by atoms with Crippen LogP contribution < -0.4 is 10.3 Å². The smallest absolute Gasteiger partial charge is 0.264 e. The normalized spacial score (nSPS) is 10.1. The van der Waals surface area contributed by atoms with E-state index in [1.165, 1.54) is 7.11 Å². The predicted octanol–water partition coefficient (Wildman–Crippen LogP) is 1.39. The van der Waals surface area contributed by atoms with Crippen molar-refractivity contribution in [3.8, 4) is 11.9 Å². The van der Waals surface area contributed by atoms with Crippen LogP contribution in [0.15, 0.2) is 10.9 Å². The minimum atomic E-state index is -2.80. The van der Waals surface area contributed by atoms with E-state index in [4.69, 9.17) is 10.00 Å². The van der Waals surface area contributed by atoms with Gasteiger partial charge in [0.25, 0.3) is 12.0 Å². The van der Waals surface area contributed by atoms with E-state index in [0.717, 1.165) is 6.07 Å². The molecule has 80 valence electrons. The third kappa shape index (κ3) is 2.31. The zero-order chi connectivity index (χ0) is 11.4. The third-order valence-electron chi connectivity index (χ3n) is 1.84. The molecule has 0 bridgehead atoms. The number of nitrogens with one attached hydrogen (secondary N) is 1. The van der Waals surface area contributed by atoms with Gasteiger partial charge in [-0.05, 0) is 0 Å². The maximum atomic E-state index is 12.5. The Bertz CT molecular complexity index is 448. The predicted molar refractivity (Wildman–Crippen MR) is 47.9 cm³/mol. The summed E-state index contributed by atoms with van der Waals surface area (Å²) >= 11 is 0. The lowest BCUT2D eigenvalue weighted by Crippen LogP contribution is -2.12. The Labute approximate surface area is 84.1 Å². The van der Waals surface area contributed by atoms with E-state index in [-0.39, 0.29) is 17.9 Å². The molecular weight excluding hydrogens is 206 g/mol. The summed E-state index contributed by atoms with van der Waals surface area (Å²) in [7, 11) is 1.24. The molecule has 0 aromatic carbocycles. The second-order valence-corrected chi connectivity index (χ2v) is 2.74. The fourth-order valence-electron chi connectivity index (χ4n) is 1.21. The minimum Gasteiger partial charge on any atom is -0.482 e. The second kappa shape index (κ2) is 4.55. The van der Waals surface area contributed by atoms with Crippen molar-refractivity contribution in [2.75, 3.05) is 7.11 Å². The van der Waals surface area contributed by atoms with Crippen molar-refractivity contribution in [3.63, 3.8) is 0 Å². The number of nitriles is 1. The van der Waals surface area contributed by atoms with Gasteiger partial charge in [0, 0.05) is 17.2 Å². The summed E-state index contributed by atoms with van der Waals surface area (Å²) in [5.74, 6) is -0.0839. The van der Waals surface area contributed by atoms with Crippen molar-refractivity contribution < 1.29 is 13.5 Å². The van der Waals surface area contributed by atoms with Crippen LogP contribution in [-0.2, 0) is 6.42 Å². The molecule has 0 unspecified atom stereocenters. The van der Waals surface area contributed by atoms with Gasteiger partial charge < -0.3 is 4.74 Å². The highest BCUT2D eigenvalue weighted by molar-refractivity contribution is 5.37. The van der Waals surface area contributed by atoms with E-state index in [1.807, 2.05) is 0 Å². The summed E-state index contributed by atoms with van der Waals surface area (Å²) in [6.45, 7) is 0. The Kier molecular flexibility index (Phi) is 3.39. The lowest BCUT2D eigenvalue weighted by Gasteiger charge is -2.09. The zero-order valence-corrected chi connectivity index (χ0v) is 7.88. The number of methoxy groups -OCH3 is 1. The van der Waals surface area contributed by atoms with Gasteiger partial charge in [0.15, 0.2) is 5.88 Å². The molecule has 0 saturated heterocycles. The average molecular weight is 214 g/mol. The molecule has 0 fully saturated rings. The molecule has 4 nitrogen and oxygen atoms in total. The van der Waals surface area contributed by atoms with Gasteiger partial charge in [-0.25, -0.2) is 8.78 Å². The Balaban J connectivity index is 3.41. The quantitative estimate of drug-likeness (QED) is 0.826. The summed E-state index contributed by atoms with van der Waals surface area (Å²) in [6, 6.07) is 2.52. The Morgan fingerprint density at radius 3 is 2.80 bits per heavy atom. The van der Waals surface area contributed by atoms with E-state index >= 15 is 0 Å². The number of rotatable bonds is 3. The molecule has 1 N–H and O–H groups in total. The molecule has 0 spiro atoms. The van der Waals surface area contributed by atoms with Crippen molar-refractivity contribution >= 4 is 0 Å².